The van der Waals surface area contributed by atoms with E-state index in [0.29, 0.717) is 5.56 Å². The van der Waals surface area contributed by atoms with Crippen LogP contribution in [0.4, 0.5) is 0 Å². The maximum atomic E-state index is 12.3. The lowest BCUT2D eigenvalue weighted by atomic mass is 10.0. The van der Waals surface area contributed by atoms with Crippen LogP contribution in [0.1, 0.15) is 12.5 Å². The third-order valence-corrected chi connectivity index (χ3v) is 5.05. The van der Waals surface area contributed by atoms with Gasteiger partial charge in [-0.05, 0) is 18.6 Å². The summed E-state index contributed by atoms with van der Waals surface area (Å²) in [6.07, 6.45) is 0. The van der Waals surface area contributed by atoms with Gasteiger partial charge in [-0.25, -0.2) is 12.7 Å². The van der Waals surface area contributed by atoms with Crippen molar-refractivity contribution in [2.45, 2.75) is 18.7 Å². The number of hydrogen-bond donors (Lipinski definition) is 0. The third kappa shape index (κ3) is 2.53. The molecule has 1 aromatic carbocycles. The van der Waals surface area contributed by atoms with Crippen molar-refractivity contribution < 1.29 is 22.7 Å². The average molecular weight is 297 g/mol. The number of ether oxygens (including phenoxy) is 1. The van der Waals surface area contributed by atoms with Crippen LogP contribution in [0.5, 0.6) is 0 Å². The first-order valence-corrected chi connectivity index (χ1v) is 7.53. The van der Waals surface area contributed by atoms with Crippen LogP contribution in [0.25, 0.3) is 0 Å². The first-order valence-electron chi connectivity index (χ1n) is 6.09. The number of carbonyl (C=O) groups is 2. The summed E-state index contributed by atoms with van der Waals surface area (Å²) in [6, 6.07) is 6.49. The van der Waals surface area contributed by atoms with E-state index < -0.39 is 27.8 Å². The predicted molar refractivity (Wildman–Crippen MR) is 70.2 cm³/mol. The SMILES string of the molecule is CC(=O)OCC1CN(S(=O)(=O)c2ccccc2C)C1=O. The molecule has 1 amide bonds. The molecule has 0 aliphatic carbocycles. The molecule has 20 heavy (non-hydrogen) atoms. The molecule has 2 rings (SSSR count). The van der Waals surface area contributed by atoms with Crippen LogP contribution in [0.15, 0.2) is 29.2 Å². The van der Waals surface area contributed by atoms with Gasteiger partial charge in [-0.3, -0.25) is 9.59 Å². The lowest BCUT2D eigenvalue weighted by Crippen LogP contribution is -2.56. The van der Waals surface area contributed by atoms with Crippen molar-refractivity contribution in [2.75, 3.05) is 13.2 Å². The van der Waals surface area contributed by atoms with E-state index in [4.69, 9.17) is 4.74 Å². The predicted octanol–water partition coefficient (Wildman–Crippen LogP) is 0.705. The van der Waals surface area contributed by atoms with Gasteiger partial charge in [0.1, 0.15) is 6.61 Å². The molecule has 0 radical (unpaired) electrons. The Hall–Kier alpha value is -1.89. The number of esters is 1. The molecular weight excluding hydrogens is 282 g/mol. The Labute approximate surface area is 117 Å². The fourth-order valence-corrected chi connectivity index (χ4v) is 3.71. The van der Waals surface area contributed by atoms with Gasteiger partial charge in [0.25, 0.3) is 10.0 Å². The minimum atomic E-state index is -3.81. The minimum absolute atomic E-state index is 0.0444. The summed E-state index contributed by atoms with van der Waals surface area (Å²) in [5, 5.41) is 0. The Balaban J connectivity index is 2.13. The van der Waals surface area contributed by atoms with Crippen molar-refractivity contribution in [3.05, 3.63) is 29.8 Å². The van der Waals surface area contributed by atoms with Crippen LogP contribution in [0, 0.1) is 12.8 Å². The minimum Gasteiger partial charge on any atom is -0.465 e. The molecule has 108 valence electrons. The molecule has 1 aliphatic rings. The topological polar surface area (TPSA) is 80.8 Å². The van der Waals surface area contributed by atoms with E-state index in [-0.39, 0.29) is 18.0 Å². The van der Waals surface area contributed by atoms with Gasteiger partial charge in [0.2, 0.25) is 5.91 Å². The molecule has 1 aromatic rings. The second kappa shape index (κ2) is 5.24. The molecular formula is C13H15NO5S. The van der Waals surface area contributed by atoms with Crippen molar-refractivity contribution in [1.82, 2.24) is 4.31 Å². The largest absolute Gasteiger partial charge is 0.465 e. The Bertz CT molecular complexity index is 652. The van der Waals surface area contributed by atoms with Crippen LogP contribution < -0.4 is 0 Å². The highest BCUT2D eigenvalue weighted by Crippen LogP contribution is 2.28. The van der Waals surface area contributed by atoms with Crippen molar-refractivity contribution >= 4 is 21.9 Å². The van der Waals surface area contributed by atoms with Crippen LogP contribution in [0.2, 0.25) is 0 Å². The van der Waals surface area contributed by atoms with E-state index in [1.54, 1.807) is 25.1 Å². The van der Waals surface area contributed by atoms with E-state index in [2.05, 4.69) is 0 Å². The van der Waals surface area contributed by atoms with Crippen molar-refractivity contribution in [1.29, 1.82) is 0 Å². The van der Waals surface area contributed by atoms with Crippen LogP contribution in [-0.4, -0.2) is 37.8 Å². The van der Waals surface area contributed by atoms with Crippen LogP contribution >= 0.6 is 0 Å². The maximum absolute atomic E-state index is 12.3. The zero-order chi connectivity index (χ0) is 14.9. The molecule has 1 aliphatic heterocycles. The summed E-state index contributed by atoms with van der Waals surface area (Å²) in [5.41, 5.74) is 0.587. The highest BCUT2D eigenvalue weighted by molar-refractivity contribution is 7.89. The number of β-lactam (4-membered cyclic amide) rings is 1. The van der Waals surface area contributed by atoms with Gasteiger partial charge >= 0.3 is 5.97 Å². The number of hydrogen-bond acceptors (Lipinski definition) is 5. The van der Waals surface area contributed by atoms with Gasteiger partial charge in [-0.15, -0.1) is 0 Å². The average Bonchev–Trinajstić information content (AvgIpc) is 2.36. The number of carbonyl (C=O) groups excluding carboxylic acids is 2. The van der Waals surface area contributed by atoms with E-state index in [0.717, 1.165) is 4.31 Å². The van der Waals surface area contributed by atoms with E-state index in [9.17, 15) is 18.0 Å². The third-order valence-electron chi connectivity index (χ3n) is 3.13. The first-order chi connectivity index (χ1) is 9.34. The summed E-state index contributed by atoms with van der Waals surface area (Å²) in [5.74, 6) is -1.59. The molecule has 1 heterocycles. The number of benzene rings is 1. The van der Waals surface area contributed by atoms with Crippen molar-refractivity contribution in [3.8, 4) is 0 Å². The molecule has 0 spiro atoms. The number of aryl methyl sites for hydroxylation is 1. The second-order valence-corrected chi connectivity index (χ2v) is 6.47. The summed E-state index contributed by atoms with van der Waals surface area (Å²) in [7, 11) is -3.81. The molecule has 1 saturated heterocycles. The van der Waals surface area contributed by atoms with Gasteiger partial charge < -0.3 is 4.74 Å². The molecule has 0 N–H and O–H groups in total. The Morgan fingerprint density at radius 1 is 1.40 bits per heavy atom. The van der Waals surface area contributed by atoms with Gasteiger partial charge in [-0.1, -0.05) is 18.2 Å². The number of rotatable bonds is 4. The zero-order valence-electron chi connectivity index (χ0n) is 11.2. The normalized spacial score (nSPS) is 18.6. The van der Waals surface area contributed by atoms with E-state index in [1.165, 1.54) is 13.0 Å². The Morgan fingerprint density at radius 2 is 2.05 bits per heavy atom. The quantitative estimate of drug-likeness (QED) is 0.604. The molecule has 0 saturated carbocycles. The standard InChI is InChI=1S/C13H15NO5S/c1-9-5-3-4-6-12(9)20(17,18)14-7-11(13(14)16)8-19-10(2)15/h3-6,11H,7-8H2,1-2H3. The molecule has 7 heteroatoms. The lowest BCUT2D eigenvalue weighted by Gasteiger charge is -2.36. The Kier molecular flexibility index (Phi) is 3.80. The van der Waals surface area contributed by atoms with Gasteiger partial charge in [0.15, 0.2) is 0 Å². The van der Waals surface area contributed by atoms with Crippen molar-refractivity contribution in [3.63, 3.8) is 0 Å². The van der Waals surface area contributed by atoms with Gasteiger partial charge in [0, 0.05) is 6.92 Å². The van der Waals surface area contributed by atoms with Crippen LogP contribution in [-0.2, 0) is 24.3 Å². The summed E-state index contributed by atoms with van der Waals surface area (Å²) in [6.45, 7) is 2.88. The molecule has 6 nitrogen and oxygen atoms in total. The van der Waals surface area contributed by atoms with E-state index >= 15 is 0 Å². The molecule has 1 fully saturated rings. The summed E-state index contributed by atoms with van der Waals surface area (Å²) >= 11 is 0. The molecule has 0 bridgehead atoms. The van der Waals surface area contributed by atoms with Crippen LogP contribution in [0.3, 0.4) is 0 Å². The first kappa shape index (κ1) is 14.5. The van der Waals surface area contributed by atoms with Gasteiger partial charge in [0.05, 0.1) is 17.4 Å². The monoisotopic (exact) mass is 297 g/mol. The number of amides is 1. The second-order valence-electron chi connectivity index (χ2n) is 4.64. The summed E-state index contributed by atoms with van der Waals surface area (Å²) < 4.78 is 30.2. The molecule has 0 aromatic heterocycles. The molecule has 1 unspecified atom stereocenters. The summed E-state index contributed by atoms with van der Waals surface area (Å²) in [4.78, 5) is 22.7. The van der Waals surface area contributed by atoms with Gasteiger partial charge in [-0.2, -0.15) is 0 Å². The van der Waals surface area contributed by atoms with E-state index in [1.807, 2.05) is 0 Å². The van der Waals surface area contributed by atoms with Crippen molar-refractivity contribution in [2.24, 2.45) is 5.92 Å². The smallest absolute Gasteiger partial charge is 0.302 e. The zero-order valence-corrected chi connectivity index (χ0v) is 12.0. The fraction of sp³-hybridized carbons (Fsp3) is 0.385. The highest BCUT2D eigenvalue weighted by Gasteiger charge is 2.45. The highest BCUT2D eigenvalue weighted by atomic mass is 32.2. The fourth-order valence-electron chi connectivity index (χ4n) is 1.98. The number of sulfonamides is 1. The Morgan fingerprint density at radius 3 is 2.60 bits per heavy atom. The molecule has 1 atom stereocenters. The maximum Gasteiger partial charge on any atom is 0.302 e. The number of nitrogens with zero attached hydrogens (tertiary/aromatic N) is 1. The lowest BCUT2D eigenvalue weighted by molar-refractivity contribution is -0.150.